The smallest absolute Gasteiger partial charge is 0.264 e. The van der Waals surface area contributed by atoms with Crippen molar-refractivity contribution >= 4 is 27.3 Å². The van der Waals surface area contributed by atoms with E-state index in [1.54, 1.807) is 79.1 Å². The molecule has 0 saturated heterocycles. The zero-order valence-electron chi connectivity index (χ0n) is 16.6. The lowest BCUT2D eigenvalue weighted by Gasteiger charge is -2.24. The van der Waals surface area contributed by atoms with Gasteiger partial charge in [-0.1, -0.05) is 31.2 Å². The van der Waals surface area contributed by atoms with E-state index in [0.29, 0.717) is 30.1 Å². The van der Waals surface area contributed by atoms with Gasteiger partial charge < -0.3 is 10.1 Å². The number of pyridine rings is 1. The fraction of sp³-hybridized carbons (Fsp3) is 0.182. The van der Waals surface area contributed by atoms with Gasteiger partial charge in [-0.25, -0.2) is 8.42 Å². The molecule has 3 rings (SSSR count). The van der Waals surface area contributed by atoms with Crippen LogP contribution in [0.3, 0.4) is 0 Å². The van der Waals surface area contributed by atoms with E-state index in [4.69, 9.17) is 4.74 Å². The number of sulfonamides is 1. The average Bonchev–Trinajstić information content (AvgIpc) is 2.77. The number of aromatic nitrogens is 1. The molecular formula is C22H23N3O4S. The molecule has 0 aliphatic rings. The molecule has 7 nitrogen and oxygen atoms in total. The van der Waals surface area contributed by atoms with Crippen LogP contribution in [0.15, 0.2) is 84.0 Å². The number of amides is 1. The van der Waals surface area contributed by atoms with Gasteiger partial charge in [0.2, 0.25) is 0 Å². The summed E-state index contributed by atoms with van der Waals surface area (Å²) in [7, 11) is -3.71. The summed E-state index contributed by atoms with van der Waals surface area (Å²) in [5.74, 6) is 0.0793. The second-order valence-electron chi connectivity index (χ2n) is 6.46. The van der Waals surface area contributed by atoms with Crippen molar-refractivity contribution in [2.75, 3.05) is 22.8 Å². The van der Waals surface area contributed by atoms with E-state index >= 15 is 0 Å². The van der Waals surface area contributed by atoms with Crippen LogP contribution < -0.4 is 14.4 Å². The summed E-state index contributed by atoms with van der Waals surface area (Å²) in [6, 6.07) is 18.4. The van der Waals surface area contributed by atoms with Crippen LogP contribution in [0.2, 0.25) is 0 Å². The Labute approximate surface area is 176 Å². The van der Waals surface area contributed by atoms with Crippen LogP contribution in [0, 0.1) is 0 Å². The molecule has 0 fully saturated rings. The third kappa shape index (κ3) is 5.36. The monoisotopic (exact) mass is 425 g/mol. The van der Waals surface area contributed by atoms with E-state index in [2.05, 4.69) is 10.3 Å². The summed E-state index contributed by atoms with van der Waals surface area (Å²) in [5.41, 5.74) is 1.10. The first kappa shape index (κ1) is 21.3. The van der Waals surface area contributed by atoms with Gasteiger partial charge in [0.05, 0.1) is 10.6 Å². The second-order valence-corrected chi connectivity index (χ2v) is 8.32. The molecule has 156 valence electrons. The molecule has 8 heteroatoms. The van der Waals surface area contributed by atoms with Gasteiger partial charge in [0.15, 0.2) is 6.61 Å². The van der Waals surface area contributed by atoms with Crippen molar-refractivity contribution < 1.29 is 17.9 Å². The van der Waals surface area contributed by atoms with E-state index in [0.717, 1.165) is 0 Å². The number of carbonyl (C=O) groups excluding carboxylic acids is 1. The van der Waals surface area contributed by atoms with Crippen molar-refractivity contribution in [3.05, 3.63) is 79.1 Å². The molecule has 0 bridgehead atoms. The van der Waals surface area contributed by atoms with Crippen LogP contribution in [-0.2, 0) is 14.8 Å². The van der Waals surface area contributed by atoms with Crippen LogP contribution in [0.4, 0.5) is 11.4 Å². The molecule has 0 spiro atoms. The molecule has 0 aliphatic heterocycles. The van der Waals surface area contributed by atoms with Crippen molar-refractivity contribution in [1.29, 1.82) is 0 Å². The number of ether oxygens (including phenoxy) is 1. The van der Waals surface area contributed by atoms with E-state index in [1.165, 1.54) is 4.31 Å². The molecule has 0 unspecified atom stereocenters. The summed E-state index contributed by atoms with van der Waals surface area (Å²) in [6.45, 7) is 2.03. The molecule has 1 aromatic heterocycles. The third-order valence-electron chi connectivity index (χ3n) is 4.20. The average molecular weight is 426 g/mol. The zero-order chi connectivity index (χ0) is 21.4. The summed E-state index contributed by atoms with van der Waals surface area (Å²) < 4.78 is 33.2. The number of nitrogens with zero attached hydrogens (tertiary/aromatic N) is 2. The van der Waals surface area contributed by atoms with Crippen molar-refractivity contribution in [2.45, 2.75) is 18.2 Å². The fourth-order valence-electron chi connectivity index (χ4n) is 2.82. The highest BCUT2D eigenvalue weighted by Crippen LogP contribution is 2.27. The summed E-state index contributed by atoms with van der Waals surface area (Å²) in [6.07, 6.45) is 3.80. The van der Waals surface area contributed by atoms with Crippen molar-refractivity contribution in [1.82, 2.24) is 4.98 Å². The molecule has 0 aliphatic carbocycles. The number of hydrogen-bond donors (Lipinski definition) is 1. The largest absolute Gasteiger partial charge is 0.484 e. The number of anilines is 2. The standard InChI is InChI=1S/C22H23N3O4S/c1-2-15-25(30(27,28)21-9-4-3-5-10-21)19-7-6-8-20(16-19)29-17-22(26)24-18-11-13-23-14-12-18/h3-14,16H,2,15,17H2,1H3,(H,23,24,26). The van der Waals surface area contributed by atoms with Gasteiger partial charge in [0.1, 0.15) is 5.75 Å². The van der Waals surface area contributed by atoms with Gasteiger partial charge in [-0.15, -0.1) is 0 Å². The van der Waals surface area contributed by atoms with Crippen molar-refractivity contribution in [2.24, 2.45) is 0 Å². The topological polar surface area (TPSA) is 88.6 Å². The van der Waals surface area contributed by atoms with Crippen LogP contribution in [0.1, 0.15) is 13.3 Å². The summed E-state index contributed by atoms with van der Waals surface area (Å²) in [4.78, 5) is 16.2. The predicted octanol–water partition coefficient (Wildman–Crippen LogP) is 3.70. The van der Waals surface area contributed by atoms with Crippen molar-refractivity contribution in [3.63, 3.8) is 0 Å². The fourth-order valence-corrected chi connectivity index (χ4v) is 4.39. The first-order chi connectivity index (χ1) is 14.5. The Kier molecular flexibility index (Phi) is 7.03. The molecule has 0 saturated carbocycles. The Morgan fingerprint density at radius 1 is 1.03 bits per heavy atom. The molecule has 0 atom stereocenters. The Balaban J connectivity index is 1.74. The first-order valence-corrected chi connectivity index (χ1v) is 10.9. The maximum atomic E-state index is 13.1. The van der Waals surface area contributed by atoms with Gasteiger partial charge in [-0.2, -0.15) is 0 Å². The number of nitrogens with one attached hydrogen (secondary N) is 1. The second kappa shape index (κ2) is 9.89. The van der Waals surface area contributed by atoms with E-state index in [-0.39, 0.29) is 17.4 Å². The molecule has 3 aromatic rings. The Bertz CT molecular complexity index is 1070. The van der Waals surface area contributed by atoms with Crippen LogP contribution in [0.25, 0.3) is 0 Å². The molecule has 1 N–H and O–H groups in total. The minimum atomic E-state index is -3.71. The van der Waals surface area contributed by atoms with E-state index < -0.39 is 10.0 Å². The lowest BCUT2D eigenvalue weighted by Crippen LogP contribution is -2.31. The highest BCUT2D eigenvalue weighted by molar-refractivity contribution is 7.92. The molecule has 1 amide bonds. The molecule has 0 radical (unpaired) electrons. The number of hydrogen-bond acceptors (Lipinski definition) is 5. The predicted molar refractivity (Wildman–Crippen MR) is 116 cm³/mol. The van der Waals surface area contributed by atoms with Crippen LogP contribution in [-0.4, -0.2) is 32.5 Å². The molecule has 2 aromatic carbocycles. The maximum Gasteiger partial charge on any atom is 0.264 e. The van der Waals surface area contributed by atoms with Crippen LogP contribution in [0.5, 0.6) is 5.75 Å². The Morgan fingerprint density at radius 3 is 2.47 bits per heavy atom. The quantitative estimate of drug-likeness (QED) is 0.565. The number of benzene rings is 2. The van der Waals surface area contributed by atoms with Gasteiger partial charge in [-0.05, 0) is 42.8 Å². The zero-order valence-corrected chi connectivity index (χ0v) is 17.4. The minimum absolute atomic E-state index is 0.203. The van der Waals surface area contributed by atoms with E-state index in [9.17, 15) is 13.2 Å². The van der Waals surface area contributed by atoms with Gasteiger partial charge in [0, 0.05) is 30.7 Å². The Hall–Kier alpha value is -3.39. The van der Waals surface area contributed by atoms with Gasteiger partial charge in [0.25, 0.3) is 15.9 Å². The molecular weight excluding hydrogens is 402 g/mol. The highest BCUT2D eigenvalue weighted by atomic mass is 32.2. The normalized spacial score (nSPS) is 11.0. The highest BCUT2D eigenvalue weighted by Gasteiger charge is 2.24. The lowest BCUT2D eigenvalue weighted by molar-refractivity contribution is -0.118. The lowest BCUT2D eigenvalue weighted by atomic mass is 10.3. The summed E-state index contributed by atoms with van der Waals surface area (Å²) in [5, 5.41) is 2.71. The Morgan fingerprint density at radius 2 is 1.77 bits per heavy atom. The summed E-state index contributed by atoms with van der Waals surface area (Å²) >= 11 is 0. The van der Waals surface area contributed by atoms with E-state index in [1.807, 2.05) is 6.92 Å². The minimum Gasteiger partial charge on any atom is -0.484 e. The molecule has 30 heavy (non-hydrogen) atoms. The van der Waals surface area contributed by atoms with Crippen molar-refractivity contribution in [3.8, 4) is 5.75 Å². The van der Waals surface area contributed by atoms with Crippen LogP contribution >= 0.6 is 0 Å². The molecule has 1 heterocycles. The first-order valence-electron chi connectivity index (χ1n) is 9.51. The number of rotatable bonds is 9. The van der Waals surface area contributed by atoms with Gasteiger partial charge in [-0.3, -0.25) is 14.1 Å². The maximum absolute atomic E-state index is 13.1. The van der Waals surface area contributed by atoms with Gasteiger partial charge >= 0.3 is 0 Å². The SMILES string of the molecule is CCCN(c1cccc(OCC(=O)Nc2ccncc2)c1)S(=O)(=O)c1ccccc1. The number of carbonyl (C=O) groups is 1. The third-order valence-corrected chi connectivity index (χ3v) is 6.04.